The Morgan fingerprint density at radius 1 is 1.21 bits per heavy atom. The minimum atomic E-state index is -0.174. The summed E-state index contributed by atoms with van der Waals surface area (Å²) in [6.07, 6.45) is 6.10. The fraction of sp³-hybridized carbons (Fsp3) is 0.231. The highest BCUT2D eigenvalue weighted by Gasteiger charge is 2.20. The van der Waals surface area contributed by atoms with E-state index in [2.05, 4.69) is 28.6 Å². The predicted molar refractivity (Wildman–Crippen MR) is 136 cm³/mol. The standard InChI is InChI=1S/C26H25N5O2S/c1-2-3-4-11-24(32)28-20-9-6-10-21(15-20)33-25-22-17-34-13-12-23(22)30-26(31-25)29-19-8-5-7-18(14-19)16-27/h4-11,14-15H,2-3,12-13,17H2,1H3,(H,28,32)(H,29,30,31)/b11-4+. The second kappa shape index (κ2) is 11.3. The number of anilines is 3. The zero-order chi connectivity index (χ0) is 23.8. The summed E-state index contributed by atoms with van der Waals surface area (Å²) in [5.41, 5.74) is 3.86. The lowest BCUT2D eigenvalue weighted by molar-refractivity contribution is -0.111. The molecule has 0 spiro atoms. The maximum absolute atomic E-state index is 12.1. The van der Waals surface area contributed by atoms with Crippen molar-refractivity contribution in [3.63, 3.8) is 0 Å². The highest BCUT2D eigenvalue weighted by atomic mass is 32.2. The van der Waals surface area contributed by atoms with E-state index >= 15 is 0 Å². The van der Waals surface area contributed by atoms with Gasteiger partial charge in [0.2, 0.25) is 17.7 Å². The molecule has 3 aromatic rings. The smallest absolute Gasteiger partial charge is 0.248 e. The zero-order valence-corrected chi connectivity index (χ0v) is 19.7. The molecule has 1 amide bonds. The van der Waals surface area contributed by atoms with Gasteiger partial charge in [-0.05, 0) is 55.0 Å². The third-order valence-corrected chi connectivity index (χ3v) is 6.06. The largest absolute Gasteiger partial charge is 0.438 e. The number of unbranched alkanes of at least 4 members (excludes halogenated alkanes) is 1. The lowest BCUT2D eigenvalue weighted by Crippen LogP contribution is -2.11. The molecule has 34 heavy (non-hydrogen) atoms. The molecule has 0 saturated heterocycles. The number of aryl methyl sites for hydroxylation is 1. The highest BCUT2D eigenvalue weighted by molar-refractivity contribution is 7.98. The number of rotatable bonds is 8. The minimum absolute atomic E-state index is 0.174. The van der Waals surface area contributed by atoms with E-state index in [9.17, 15) is 4.79 Å². The normalized spacial score (nSPS) is 12.6. The quantitative estimate of drug-likeness (QED) is 0.391. The molecule has 1 aliphatic rings. The number of nitrogens with one attached hydrogen (secondary N) is 2. The van der Waals surface area contributed by atoms with Crippen molar-refractivity contribution in [1.82, 2.24) is 9.97 Å². The van der Waals surface area contributed by atoms with Gasteiger partial charge in [0.25, 0.3) is 0 Å². The molecule has 8 heteroatoms. The van der Waals surface area contributed by atoms with E-state index in [-0.39, 0.29) is 5.91 Å². The number of amides is 1. The fourth-order valence-electron chi connectivity index (χ4n) is 3.43. The number of ether oxygens (including phenoxy) is 1. The summed E-state index contributed by atoms with van der Waals surface area (Å²) < 4.78 is 6.19. The molecule has 4 rings (SSSR count). The van der Waals surface area contributed by atoms with Gasteiger partial charge in [0.1, 0.15) is 5.75 Å². The van der Waals surface area contributed by atoms with Crippen LogP contribution in [0.15, 0.2) is 60.7 Å². The number of fused-ring (bicyclic) bond motifs is 1. The molecule has 7 nitrogen and oxygen atoms in total. The van der Waals surface area contributed by atoms with Gasteiger partial charge in [-0.1, -0.05) is 31.6 Å². The predicted octanol–water partition coefficient (Wildman–Crippen LogP) is 5.97. The van der Waals surface area contributed by atoms with Crippen molar-refractivity contribution in [3.05, 3.63) is 77.5 Å². The average Bonchev–Trinajstić information content (AvgIpc) is 2.84. The first-order valence-electron chi connectivity index (χ1n) is 11.1. The van der Waals surface area contributed by atoms with Crippen molar-refractivity contribution in [3.8, 4) is 17.7 Å². The van der Waals surface area contributed by atoms with Gasteiger partial charge in [-0.15, -0.1) is 0 Å². The van der Waals surface area contributed by atoms with Crippen LogP contribution in [-0.4, -0.2) is 21.6 Å². The van der Waals surface area contributed by atoms with E-state index in [1.165, 1.54) is 0 Å². The van der Waals surface area contributed by atoms with E-state index in [0.29, 0.717) is 28.8 Å². The van der Waals surface area contributed by atoms with Crippen molar-refractivity contribution in [2.75, 3.05) is 16.4 Å². The number of nitriles is 1. The first-order chi connectivity index (χ1) is 16.6. The molecule has 0 saturated carbocycles. The molecule has 2 N–H and O–H groups in total. The third kappa shape index (κ3) is 6.15. The van der Waals surface area contributed by atoms with Gasteiger partial charge in [-0.2, -0.15) is 22.0 Å². The third-order valence-electron chi connectivity index (χ3n) is 5.07. The van der Waals surface area contributed by atoms with Crippen molar-refractivity contribution < 1.29 is 9.53 Å². The molecule has 172 valence electrons. The molecule has 0 aliphatic carbocycles. The molecular formula is C26H25N5O2S. The zero-order valence-electron chi connectivity index (χ0n) is 18.9. The van der Waals surface area contributed by atoms with E-state index in [1.807, 2.05) is 48.2 Å². The number of allylic oxidation sites excluding steroid dienone is 1. The van der Waals surface area contributed by atoms with E-state index in [1.54, 1.807) is 24.3 Å². The molecule has 0 radical (unpaired) electrons. The van der Waals surface area contributed by atoms with Crippen LogP contribution in [0.25, 0.3) is 0 Å². The number of aromatic nitrogens is 2. The first-order valence-corrected chi connectivity index (χ1v) is 12.3. The Morgan fingerprint density at radius 3 is 2.91 bits per heavy atom. The number of benzene rings is 2. The first kappa shape index (κ1) is 23.3. The lowest BCUT2D eigenvalue weighted by atomic mass is 10.2. The number of carbonyl (C=O) groups excluding carboxylic acids is 1. The van der Waals surface area contributed by atoms with Gasteiger partial charge in [0.05, 0.1) is 17.3 Å². The second-order valence-corrected chi connectivity index (χ2v) is 8.81. The molecule has 1 aliphatic heterocycles. The molecule has 0 bridgehead atoms. The monoisotopic (exact) mass is 471 g/mol. The van der Waals surface area contributed by atoms with Crippen LogP contribution < -0.4 is 15.4 Å². The van der Waals surface area contributed by atoms with Crippen LogP contribution in [0.1, 0.15) is 36.6 Å². The maximum Gasteiger partial charge on any atom is 0.248 e. The van der Waals surface area contributed by atoms with Crippen molar-refractivity contribution in [1.29, 1.82) is 5.26 Å². The van der Waals surface area contributed by atoms with Gasteiger partial charge in [-0.3, -0.25) is 4.79 Å². The average molecular weight is 472 g/mol. The van der Waals surface area contributed by atoms with Gasteiger partial charge in [0.15, 0.2) is 0 Å². The molecule has 2 aromatic carbocycles. The molecule has 0 unspecified atom stereocenters. The molecular weight excluding hydrogens is 446 g/mol. The van der Waals surface area contributed by atoms with E-state index < -0.39 is 0 Å². The van der Waals surface area contributed by atoms with Gasteiger partial charge in [0, 0.05) is 28.8 Å². The Hall–Kier alpha value is -3.83. The topological polar surface area (TPSA) is 99.9 Å². The van der Waals surface area contributed by atoms with Crippen LogP contribution in [-0.2, 0) is 17.0 Å². The van der Waals surface area contributed by atoms with Crippen LogP contribution in [0.3, 0.4) is 0 Å². The van der Waals surface area contributed by atoms with Crippen molar-refractivity contribution >= 4 is 35.0 Å². The Morgan fingerprint density at radius 2 is 2.06 bits per heavy atom. The van der Waals surface area contributed by atoms with Gasteiger partial charge in [-0.25, -0.2) is 4.98 Å². The van der Waals surface area contributed by atoms with Crippen molar-refractivity contribution in [2.45, 2.75) is 31.9 Å². The summed E-state index contributed by atoms with van der Waals surface area (Å²) >= 11 is 1.82. The van der Waals surface area contributed by atoms with Crippen LogP contribution >= 0.6 is 11.8 Å². The summed E-state index contributed by atoms with van der Waals surface area (Å²) in [4.78, 5) is 21.5. The van der Waals surface area contributed by atoms with Crippen LogP contribution in [0.4, 0.5) is 17.3 Å². The van der Waals surface area contributed by atoms with Gasteiger partial charge >= 0.3 is 0 Å². The summed E-state index contributed by atoms with van der Waals surface area (Å²) in [5, 5.41) is 15.2. The van der Waals surface area contributed by atoms with Crippen LogP contribution in [0.2, 0.25) is 0 Å². The number of nitrogens with zero attached hydrogens (tertiary/aromatic N) is 3. The molecule has 0 atom stereocenters. The van der Waals surface area contributed by atoms with E-state index in [4.69, 9.17) is 15.0 Å². The molecule has 2 heterocycles. The number of carbonyl (C=O) groups is 1. The van der Waals surface area contributed by atoms with Gasteiger partial charge < -0.3 is 15.4 Å². The second-order valence-electron chi connectivity index (χ2n) is 7.71. The number of hydrogen-bond acceptors (Lipinski definition) is 7. The fourth-order valence-corrected chi connectivity index (χ4v) is 4.40. The maximum atomic E-state index is 12.1. The Labute approximate surface area is 203 Å². The number of thioether (sulfide) groups is 1. The lowest BCUT2D eigenvalue weighted by Gasteiger charge is -2.19. The summed E-state index contributed by atoms with van der Waals surface area (Å²) in [6, 6.07) is 16.6. The molecule has 0 fully saturated rings. The SMILES string of the molecule is CCC/C=C/C(=O)Nc1cccc(Oc2nc(Nc3cccc(C#N)c3)nc3c2CSCC3)c1. The summed E-state index contributed by atoms with van der Waals surface area (Å²) in [5.74, 6) is 3.06. The van der Waals surface area contributed by atoms with Crippen LogP contribution in [0, 0.1) is 11.3 Å². The Bertz CT molecular complexity index is 1250. The molecule has 1 aromatic heterocycles. The minimum Gasteiger partial charge on any atom is -0.438 e. The summed E-state index contributed by atoms with van der Waals surface area (Å²) in [7, 11) is 0. The van der Waals surface area contributed by atoms with Crippen molar-refractivity contribution in [2.24, 2.45) is 0 Å². The summed E-state index contributed by atoms with van der Waals surface area (Å²) in [6.45, 7) is 2.07. The Kier molecular flexibility index (Phi) is 7.79. The Balaban J connectivity index is 1.57. The van der Waals surface area contributed by atoms with Crippen LogP contribution in [0.5, 0.6) is 11.6 Å². The number of hydrogen-bond donors (Lipinski definition) is 2. The van der Waals surface area contributed by atoms with E-state index in [0.717, 1.165) is 47.7 Å². The highest BCUT2D eigenvalue weighted by Crippen LogP contribution is 2.34.